The van der Waals surface area contributed by atoms with Crippen LogP contribution in [0.25, 0.3) is 17.0 Å². The summed E-state index contributed by atoms with van der Waals surface area (Å²) in [7, 11) is 0. The molecule has 0 aliphatic rings. The molecule has 3 heteroatoms. The molecule has 112 valence electrons. The third-order valence-electron chi connectivity index (χ3n) is 3.66. The Morgan fingerprint density at radius 3 is 2.71 bits per heavy atom. The van der Waals surface area contributed by atoms with Gasteiger partial charge in [-0.25, -0.2) is 0 Å². The van der Waals surface area contributed by atoms with Crippen molar-refractivity contribution < 1.29 is 0 Å². The largest absolute Gasteiger partial charge is 0.805 e. The van der Waals surface area contributed by atoms with Crippen LogP contribution in [0.3, 0.4) is 0 Å². The Morgan fingerprint density at radius 2 is 1.90 bits per heavy atom. The first-order valence-corrected chi connectivity index (χ1v) is 7.73. The molecule has 0 aliphatic carbocycles. The fraction of sp³-hybridized carbons (Fsp3) is 0.389. The normalized spacial score (nSPS) is 11.5. The van der Waals surface area contributed by atoms with E-state index in [-0.39, 0.29) is 5.43 Å². The zero-order valence-corrected chi connectivity index (χ0v) is 12.5. The van der Waals surface area contributed by atoms with Gasteiger partial charge < -0.3 is 9.94 Å². The van der Waals surface area contributed by atoms with Crippen molar-refractivity contribution in [3.8, 4) is 0 Å². The van der Waals surface area contributed by atoms with Gasteiger partial charge in [-0.1, -0.05) is 50.8 Å². The number of aromatic nitrogens is 1. The Hall–Kier alpha value is -2.03. The molecular formula is C18H22NO2-. The van der Waals surface area contributed by atoms with Crippen LogP contribution in [0.2, 0.25) is 0 Å². The highest BCUT2D eigenvalue weighted by atomic mass is 16.5. The number of para-hydroxylation sites is 1. The van der Waals surface area contributed by atoms with E-state index < -0.39 is 0 Å². The van der Waals surface area contributed by atoms with Crippen molar-refractivity contribution in [2.24, 2.45) is 0 Å². The van der Waals surface area contributed by atoms with Gasteiger partial charge in [0.1, 0.15) is 0 Å². The summed E-state index contributed by atoms with van der Waals surface area (Å²) in [4.78, 5) is 12.0. The number of hydrogen-bond acceptors (Lipinski definition) is 2. The van der Waals surface area contributed by atoms with Gasteiger partial charge in [-0.3, -0.25) is 4.79 Å². The van der Waals surface area contributed by atoms with E-state index in [4.69, 9.17) is 0 Å². The molecule has 1 aromatic heterocycles. The monoisotopic (exact) mass is 284 g/mol. The molecule has 3 nitrogen and oxygen atoms in total. The zero-order chi connectivity index (χ0) is 15.1. The number of allylic oxidation sites excluding steroid dienone is 1. The summed E-state index contributed by atoms with van der Waals surface area (Å²) >= 11 is 0. The number of pyridine rings is 1. The predicted octanol–water partition coefficient (Wildman–Crippen LogP) is 4.72. The number of fused-ring (bicyclic) bond motifs is 1. The summed E-state index contributed by atoms with van der Waals surface area (Å²) < 4.78 is 0.838. The maximum absolute atomic E-state index is 12.2. The van der Waals surface area contributed by atoms with Crippen molar-refractivity contribution in [3.63, 3.8) is 0 Å². The molecule has 0 unspecified atom stereocenters. The minimum absolute atomic E-state index is 0.0969. The van der Waals surface area contributed by atoms with Crippen LogP contribution in [-0.2, 0) is 0 Å². The van der Waals surface area contributed by atoms with E-state index in [2.05, 4.69) is 6.92 Å². The molecule has 0 spiro atoms. The molecule has 0 amide bonds. The summed E-state index contributed by atoms with van der Waals surface area (Å²) in [5.41, 5.74) is 0.764. The molecule has 21 heavy (non-hydrogen) atoms. The Balaban J connectivity index is 2.05. The first kappa shape index (κ1) is 15.4. The quantitative estimate of drug-likeness (QED) is 0.690. The summed E-state index contributed by atoms with van der Waals surface area (Å²) in [5, 5.41) is 12.7. The van der Waals surface area contributed by atoms with Crippen LogP contribution in [0.4, 0.5) is 0 Å². The van der Waals surface area contributed by atoms with E-state index in [1.165, 1.54) is 31.7 Å². The van der Waals surface area contributed by atoms with Gasteiger partial charge in [0.05, 0.1) is 0 Å². The van der Waals surface area contributed by atoms with Gasteiger partial charge in [-0.15, -0.1) is 0 Å². The summed E-state index contributed by atoms with van der Waals surface area (Å²) in [6.45, 7) is 2.20. The second kappa shape index (κ2) is 7.67. The molecule has 0 saturated carbocycles. The molecular weight excluding hydrogens is 262 g/mol. The van der Waals surface area contributed by atoms with E-state index in [0.29, 0.717) is 16.6 Å². The Labute approximate surface area is 125 Å². The minimum Gasteiger partial charge on any atom is -0.805 e. The van der Waals surface area contributed by atoms with Crippen LogP contribution in [0, 0.1) is 5.21 Å². The van der Waals surface area contributed by atoms with Crippen LogP contribution in [0.5, 0.6) is 0 Å². The maximum Gasteiger partial charge on any atom is 0.189 e. The molecule has 0 aliphatic heterocycles. The Morgan fingerprint density at radius 1 is 1.14 bits per heavy atom. The molecule has 0 radical (unpaired) electrons. The number of nitrogens with zero attached hydrogens (tertiary/aromatic N) is 1. The molecule has 0 atom stereocenters. The average Bonchev–Trinajstić information content (AvgIpc) is 2.51. The highest BCUT2D eigenvalue weighted by Crippen LogP contribution is 2.13. The van der Waals surface area contributed by atoms with Gasteiger partial charge >= 0.3 is 0 Å². The second-order valence-corrected chi connectivity index (χ2v) is 5.35. The number of benzene rings is 1. The van der Waals surface area contributed by atoms with Gasteiger partial charge in [0.2, 0.25) is 0 Å². The van der Waals surface area contributed by atoms with E-state index in [1.807, 2.05) is 6.08 Å². The Kier molecular flexibility index (Phi) is 5.61. The lowest BCUT2D eigenvalue weighted by Crippen LogP contribution is -2.08. The van der Waals surface area contributed by atoms with E-state index in [9.17, 15) is 10.0 Å². The molecule has 2 aromatic rings. The minimum atomic E-state index is -0.0969. The standard InChI is InChI=1S/C18H22NO2/c1-2-3-4-5-6-7-8-11-15-14-18(20)16-12-9-10-13-17(16)19(15)21/h8-14H,2-7H2,1H3/q-1. The highest BCUT2D eigenvalue weighted by molar-refractivity contribution is 5.80. The third kappa shape index (κ3) is 3.97. The SMILES string of the molecule is CCCCCCCC=Cc1cc(=O)c2ccccc2n1[O-]. The first-order valence-electron chi connectivity index (χ1n) is 7.73. The summed E-state index contributed by atoms with van der Waals surface area (Å²) in [6.07, 6.45) is 10.9. The van der Waals surface area contributed by atoms with Crippen molar-refractivity contribution in [2.75, 3.05) is 0 Å². The molecule has 1 heterocycles. The van der Waals surface area contributed by atoms with Gasteiger partial charge in [-0.2, -0.15) is 0 Å². The lowest BCUT2D eigenvalue weighted by molar-refractivity contribution is 0.638. The van der Waals surface area contributed by atoms with Crippen LogP contribution >= 0.6 is 0 Å². The number of unbranched alkanes of at least 4 members (excludes halogenated alkanes) is 5. The lowest BCUT2D eigenvalue weighted by Gasteiger charge is -2.18. The van der Waals surface area contributed by atoms with Crippen molar-refractivity contribution in [2.45, 2.75) is 45.4 Å². The Bertz CT molecular complexity index is 670. The first-order chi connectivity index (χ1) is 10.2. The fourth-order valence-electron chi connectivity index (χ4n) is 2.45. The molecule has 2 rings (SSSR count). The van der Waals surface area contributed by atoms with Gasteiger partial charge in [0.15, 0.2) is 5.43 Å². The van der Waals surface area contributed by atoms with Crippen molar-refractivity contribution >= 4 is 17.0 Å². The van der Waals surface area contributed by atoms with Crippen LogP contribution in [0.1, 0.15) is 51.1 Å². The van der Waals surface area contributed by atoms with Crippen LogP contribution in [0.15, 0.2) is 41.2 Å². The number of hydrogen-bond donors (Lipinski definition) is 0. The van der Waals surface area contributed by atoms with E-state index in [1.54, 1.807) is 30.3 Å². The smallest absolute Gasteiger partial charge is 0.189 e. The molecule has 0 N–H and O–H groups in total. The van der Waals surface area contributed by atoms with Crippen molar-refractivity contribution in [1.82, 2.24) is 4.73 Å². The van der Waals surface area contributed by atoms with Gasteiger partial charge in [0, 0.05) is 22.7 Å². The third-order valence-corrected chi connectivity index (χ3v) is 3.66. The molecule has 0 saturated heterocycles. The highest BCUT2D eigenvalue weighted by Gasteiger charge is 2.01. The second-order valence-electron chi connectivity index (χ2n) is 5.35. The predicted molar refractivity (Wildman–Crippen MR) is 89.4 cm³/mol. The fourth-order valence-corrected chi connectivity index (χ4v) is 2.45. The molecule has 0 bridgehead atoms. The summed E-state index contributed by atoms with van der Waals surface area (Å²) in [6, 6.07) is 8.34. The van der Waals surface area contributed by atoms with E-state index in [0.717, 1.165) is 17.6 Å². The molecule has 1 aromatic carbocycles. The lowest BCUT2D eigenvalue weighted by atomic mass is 10.1. The zero-order valence-electron chi connectivity index (χ0n) is 12.5. The van der Waals surface area contributed by atoms with Gasteiger partial charge in [0.25, 0.3) is 0 Å². The van der Waals surface area contributed by atoms with Gasteiger partial charge in [-0.05, 0) is 31.1 Å². The summed E-state index contributed by atoms with van der Waals surface area (Å²) in [5.74, 6) is 0. The topological polar surface area (TPSA) is 45.1 Å². The maximum atomic E-state index is 12.2. The number of rotatable bonds is 7. The van der Waals surface area contributed by atoms with Crippen molar-refractivity contribution in [1.29, 1.82) is 0 Å². The average molecular weight is 284 g/mol. The van der Waals surface area contributed by atoms with Crippen molar-refractivity contribution in [3.05, 3.63) is 57.5 Å². The van der Waals surface area contributed by atoms with Crippen LogP contribution < -0.4 is 5.43 Å². The van der Waals surface area contributed by atoms with E-state index >= 15 is 0 Å². The van der Waals surface area contributed by atoms with Crippen LogP contribution in [-0.4, -0.2) is 4.73 Å². The molecule has 0 fully saturated rings.